The first-order valence-electron chi connectivity index (χ1n) is 14.4. The zero-order valence-corrected chi connectivity index (χ0v) is 25.2. The largest absolute Gasteiger partial charge is 0.508 e. The SMILES string of the molecule is CC1=CC(=O)C2=C(C1=O)[C@@H](c1cc(Br)ccc1O)C1=CC[C@@H]3C(=O)N(c4ccc(C(=O)c5ccccc5)cc4)C(=O)[C@@H]3[C@@H]1C2. The lowest BCUT2D eigenvalue weighted by Crippen LogP contribution is -2.39. The number of benzene rings is 3. The molecule has 44 heavy (non-hydrogen) atoms. The third-order valence-electron chi connectivity index (χ3n) is 9.29. The Hall–Kier alpha value is -4.69. The van der Waals surface area contributed by atoms with Crippen LogP contribution in [0.2, 0.25) is 0 Å². The molecular formula is C36H26BrNO6. The number of nitrogens with zero attached hydrogens (tertiary/aromatic N) is 1. The van der Waals surface area contributed by atoms with E-state index in [1.807, 2.05) is 12.1 Å². The van der Waals surface area contributed by atoms with Crippen molar-refractivity contribution in [3.05, 3.63) is 128 Å². The molecule has 8 heteroatoms. The minimum Gasteiger partial charge on any atom is -0.508 e. The van der Waals surface area contributed by atoms with E-state index in [-0.39, 0.29) is 47.8 Å². The molecule has 0 radical (unpaired) electrons. The quantitative estimate of drug-likeness (QED) is 0.161. The maximum atomic E-state index is 14.1. The van der Waals surface area contributed by atoms with Gasteiger partial charge in [0.1, 0.15) is 5.75 Å². The number of rotatable bonds is 4. The van der Waals surface area contributed by atoms with Crippen LogP contribution in [0.15, 0.2) is 112 Å². The van der Waals surface area contributed by atoms with Crippen LogP contribution in [0, 0.1) is 17.8 Å². The molecule has 0 bridgehead atoms. The van der Waals surface area contributed by atoms with Gasteiger partial charge in [0.25, 0.3) is 0 Å². The molecule has 3 aromatic carbocycles. The summed E-state index contributed by atoms with van der Waals surface area (Å²) < 4.78 is 0.693. The summed E-state index contributed by atoms with van der Waals surface area (Å²) in [6, 6.07) is 20.3. The molecule has 7 nitrogen and oxygen atoms in total. The maximum Gasteiger partial charge on any atom is 0.238 e. The molecule has 218 valence electrons. The van der Waals surface area contributed by atoms with E-state index in [0.29, 0.717) is 43.6 Å². The summed E-state index contributed by atoms with van der Waals surface area (Å²) >= 11 is 3.46. The molecule has 1 N–H and O–H groups in total. The van der Waals surface area contributed by atoms with Gasteiger partial charge in [-0.3, -0.25) is 28.9 Å². The molecule has 0 spiro atoms. The van der Waals surface area contributed by atoms with Crippen molar-refractivity contribution < 1.29 is 29.1 Å². The average Bonchev–Trinajstić information content (AvgIpc) is 3.29. The van der Waals surface area contributed by atoms with Gasteiger partial charge in [-0.1, -0.05) is 57.9 Å². The highest BCUT2D eigenvalue weighted by molar-refractivity contribution is 9.10. The van der Waals surface area contributed by atoms with Crippen molar-refractivity contribution in [2.24, 2.45) is 17.8 Å². The smallest absolute Gasteiger partial charge is 0.238 e. The summed E-state index contributed by atoms with van der Waals surface area (Å²) in [5.74, 6) is -4.06. The van der Waals surface area contributed by atoms with Crippen molar-refractivity contribution in [1.29, 1.82) is 0 Å². The van der Waals surface area contributed by atoms with Crippen LogP contribution < -0.4 is 4.90 Å². The molecule has 0 aromatic heterocycles. The lowest BCUT2D eigenvalue weighted by Gasteiger charge is -2.42. The molecule has 1 aliphatic heterocycles. The molecule has 1 heterocycles. The van der Waals surface area contributed by atoms with Gasteiger partial charge in [-0.05, 0) is 74.2 Å². The van der Waals surface area contributed by atoms with Gasteiger partial charge in [0.2, 0.25) is 11.8 Å². The van der Waals surface area contributed by atoms with E-state index in [1.165, 1.54) is 17.0 Å². The van der Waals surface area contributed by atoms with Crippen LogP contribution in [0.1, 0.15) is 47.2 Å². The van der Waals surface area contributed by atoms with Crippen molar-refractivity contribution in [2.45, 2.75) is 25.7 Å². The van der Waals surface area contributed by atoms with E-state index in [4.69, 9.17) is 0 Å². The third-order valence-corrected chi connectivity index (χ3v) is 9.78. The van der Waals surface area contributed by atoms with Crippen LogP contribution in [-0.4, -0.2) is 34.3 Å². The minimum atomic E-state index is -0.742. The summed E-state index contributed by atoms with van der Waals surface area (Å²) in [6.45, 7) is 1.61. The number of phenols is 1. The Morgan fingerprint density at radius 2 is 1.59 bits per heavy atom. The van der Waals surface area contributed by atoms with E-state index < -0.39 is 23.7 Å². The number of anilines is 1. The Morgan fingerprint density at radius 1 is 0.886 bits per heavy atom. The van der Waals surface area contributed by atoms with Gasteiger partial charge in [0.05, 0.1) is 17.5 Å². The summed E-state index contributed by atoms with van der Waals surface area (Å²) in [5.41, 5.74) is 3.56. The monoisotopic (exact) mass is 647 g/mol. The molecule has 4 aliphatic rings. The van der Waals surface area contributed by atoms with E-state index in [0.717, 1.165) is 5.57 Å². The highest BCUT2D eigenvalue weighted by Gasteiger charge is 2.56. The molecule has 2 amide bonds. The number of hydrogen-bond acceptors (Lipinski definition) is 6. The molecular weight excluding hydrogens is 622 g/mol. The Balaban J connectivity index is 1.27. The second-order valence-corrected chi connectivity index (χ2v) is 12.6. The van der Waals surface area contributed by atoms with Gasteiger partial charge in [-0.25, -0.2) is 0 Å². The fourth-order valence-corrected chi connectivity index (χ4v) is 7.62. The number of allylic oxidation sites excluding steroid dienone is 6. The molecule has 0 saturated carbocycles. The number of aromatic hydroxyl groups is 1. The minimum absolute atomic E-state index is 0.0261. The second kappa shape index (κ2) is 10.5. The number of phenolic OH excluding ortho intramolecular Hbond substituents is 1. The Bertz CT molecular complexity index is 1900. The zero-order chi connectivity index (χ0) is 30.9. The summed E-state index contributed by atoms with van der Waals surface area (Å²) in [4.78, 5) is 68.9. The number of carbonyl (C=O) groups excluding carboxylic acids is 5. The van der Waals surface area contributed by atoms with Crippen molar-refractivity contribution >= 4 is 50.8 Å². The van der Waals surface area contributed by atoms with Crippen molar-refractivity contribution in [3.63, 3.8) is 0 Å². The predicted octanol–water partition coefficient (Wildman–Crippen LogP) is 6.02. The Morgan fingerprint density at radius 3 is 2.32 bits per heavy atom. The van der Waals surface area contributed by atoms with Crippen LogP contribution in [0.3, 0.4) is 0 Å². The average molecular weight is 649 g/mol. The van der Waals surface area contributed by atoms with Crippen LogP contribution in [0.25, 0.3) is 0 Å². The summed E-state index contributed by atoms with van der Waals surface area (Å²) in [7, 11) is 0. The van der Waals surface area contributed by atoms with Crippen LogP contribution in [-0.2, 0) is 19.2 Å². The number of imide groups is 1. The maximum absolute atomic E-state index is 14.1. The normalized spacial score (nSPS) is 24.5. The van der Waals surface area contributed by atoms with Gasteiger partial charge < -0.3 is 5.11 Å². The zero-order valence-electron chi connectivity index (χ0n) is 23.6. The van der Waals surface area contributed by atoms with Gasteiger partial charge in [-0.2, -0.15) is 0 Å². The predicted molar refractivity (Wildman–Crippen MR) is 166 cm³/mol. The number of halogens is 1. The van der Waals surface area contributed by atoms with E-state index in [2.05, 4.69) is 15.9 Å². The van der Waals surface area contributed by atoms with Gasteiger partial charge in [-0.15, -0.1) is 0 Å². The van der Waals surface area contributed by atoms with Crippen LogP contribution in [0.5, 0.6) is 5.75 Å². The van der Waals surface area contributed by atoms with Crippen molar-refractivity contribution in [3.8, 4) is 5.75 Å². The molecule has 3 aliphatic carbocycles. The lowest BCUT2D eigenvalue weighted by atomic mass is 9.59. The first-order valence-corrected chi connectivity index (χ1v) is 15.2. The number of hydrogen-bond donors (Lipinski definition) is 1. The Labute approximate surface area is 261 Å². The highest BCUT2D eigenvalue weighted by atomic mass is 79.9. The highest BCUT2D eigenvalue weighted by Crippen LogP contribution is 2.56. The van der Waals surface area contributed by atoms with Crippen molar-refractivity contribution in [1.82, 2.24) is 0 Å². The lowest BCUT2D eigenvalue weighted by molar-refractivity contribution is -0.123. The summed E-state index contributed by atoms with van der Waals surface area (Å²) in [5, 5.41) is 11.0. The second-order valence-electron chi connectivity index (χ2n) is 11.7. The third kappa shape index (κ3) is 4.27. The fourth-order valence-electron chi connectivity index (χ4n) is 7.25. The number of amides is 2. The number of carbonyl (C=O) groups is 5. The van der Waals surface area contributed by atoms with Gasteiger partial charge in [0, 0.05) is 43.8 Å². The topological polar surface area (TPSA) is 109 Å². The summed E-state index contributed by atoms with van der Waals surface area (Å²) in [6.07, 6.45) is 3.69. The van der Waals surface area contributed by atoms with E-state index in [1.54, 1.807) is 67.6 Å². The van der Waals surface area contributed by atoms with E-state index in [9.17, 15) is 29.1 Å². The standard InChI is InChI=1S/C36H26BrNO6/c1-18-15-29(40)27-17-25-23(30(32(27)33(18)41)26-16-21(37)9-14-28(26)39)12-13-24-31(25)36(44)38(35(24)43)22-10-7-20(8-11-22)34(42)19-5-3-2-4-6-19/h2-12,14-16,24-25,30-31,39H,13,17H2,1H3/t24-,25+,30+,31-/m0/s1. The van der Waals surface area contributed by atoms with Gasteiger partial charge >= 0.3 is 0 Å². The molecule has 4 atom stereocenters. The van der Waals surface area contributed by atoms with Crippen LogP contribution in [0.4, 0.5) is 5.69 Å². The van der Waals surface area contributed by atoms with E-state index >= 15 is 0 Å². The molecule has 1 saturated heterocycles. The van der Waals surface area contributed by atoms with Gasteiger partial charge in [0.15, 0.2) is 17.3 Å². The number of ketones is 3. The Kier molecular flexibility index (Phi) is 6.70. The number of Topliss-reactive ketones (excluding diaryl/α,β-unsaturated/α-hetero) is 1. The first-order chi connectivity index (χ1) is 21.2. The molecule has 3 aromatic rings. The fraction of sp³-hybridized carbons (Fsp3) is 0.194. The van der Waals surface area contributed by atoms with Crippen LogP contribution >= 0.6 is 15.9 Å². The van der Waals surface area contributed by atoms with Crippen molar-refractivity contribution in [2.75, 3.05) is 4.90 Å². The first kappa shape index (κ1) is 28.1. The molecule has 1 fully saturated rings. The molecule has 7 rings (SSSR count). The number of fused-ring (bicyclic) bond motifs is 3. The molecule has 0 unspecified atom stereocenters.